The van der Waals surface area contributed by atoms with Gasteiger partial charge in [0.25, 0.3) is 0 Å². The van der Waals surface area contributed by atoms with Crippen LogP contribution in [-0.4, -0.2) is 33.7 Å². The molecule has 2 aromatic rings. The van der Waals surface area contributed by atoms with Crippen LogP contribution in [-0.2, 0) is 15.8 Å². The number of anilines is 1. The number of alkyl halides is 3. The molecular formula is C26H24ClF4N3O2S. The Kier molecular flexibility index (Phi) is 8.59. The number of nitrogens with one attached hydrogen (secondary N) is 1. The molecule has 5 nitrogen and oxygen atoms in total. The van der Waals surface area contributed by atoms with E-state index in [1.54, 1.807) is 0 Å². The molecule has 0 saturated carbocycles. The third kappa shape index (κ3) is 7.13. The Balaban J connectivity index is 1.50. The first kappa shape index (κ1) is 27.2. The molecule has 11 heteroatoms. The van der Waals surface area contributed by atoms with Crippen LogP contribution in [0.4, 0.5) is 28.9 Å². The van der Waals surface area contributed by atoms with E-state index in [0.29, 0.717) is 23.8 Å². The Hall–Kier alpha value is -2.85. The van der Waals surface area contributed by atoms with Crippen molar-refractivity contribution in [2.24, 2.45) is 4.99 Å². The van der Waals surface area contributed by atoms with Crippen molar-refractivity contribution in [2.45, 2.75) is 50.0 Å². The monoisotopic (exact) mass is 553 g/mol. The molecule has 196 valence electrons. The van der Waals surface area contributed by atoms with Crippen molar-refractivity contribution < 1.29 is 27.2 Å². The van der Waals surface area contributed by atoms with E-state index in [1.165, 1.54) is 34.7 Å². The van der Waals surface area contributed by atoms with Crippen molar-refractivity contribution in [3.63, 3.8) is 0 Å². The van der Waals surface area contributed by atoms with Gasteiger partial charge in [0.05, 0.1) is 22.0 Å². The van der Waals surface area contributed by atoms with Crippen LogP contribution in [0.5, 0.6) is 0 Å². The number of halogens is 5. The number of benzene rings is 2. The van der Waals surface area contributed by atoms with Crippen LogP contribution in [0.25, 0.3) is 0 Å². The first-order valence-electron chi connectivity index (χ1n) is 11.8. The molecule has 0 bridgehead atoms. The molecule has 2 aliphatic rings. The molecule has 4 rings (SSSR count). The molecule has 1 aliphatic carbocycles. The zero-order chi connectivity index (χ0) is 26.6. The van der Waals surface area contributed by atoms with E-state index in [2.05, 4.69) is 16.4 Å². The maximum Gasteiger partial charge on any atom is 0.416 e. The van der Waals surface area contributed by atoms with E-state index < -0.39 is 28.7 Å². The highest BCUT2D eigenvalue weighted by Gasteiger charge is 2.39. The van der Waals surface area contributed by atoms with Gasteiger partial charge < -0.3 is 5.32 Å². The molecule has 1 unspecified atom stereocenters. The van der Waals surface area contributed by atoms with Crippen LogP contribution in [0.1, 0.15) is 44.1 Å². The molecule has 37 heavy (non-hydrogen) atoms. The summed E-state index contributed by atoms with van der Waals surface area (Å²) in [6, 6.07) is 8.16. The molecule has 1 saturated heterocycles. The molecule has 0 aromatic heterocycles. The molecule has 2 aromatic carbocycles. The first-order chi connectivity index (χ1) is 17.6. The lowest BCUT2D eigenvalue weighted by Gasteiger charge is -2.19. The number of amidine groups is 1. The number of aliphatic imine (C=N–C) groups is 1. The van der Waals surface area contributed by atoms with E-state index in [0.717, 1.165) is 55.6 Å². The minimum absolute atomic E-state index is 0.0484. The van der Waals surface area contributed by atoms with Crippen molar-refractivity contribution in [3.8, 4) is 0 Å². The van der Waals surface area contributed by atoms with E-state index in [1.807, 2.05) is 0 Å². The van der Waals surface area contributed by atoms with Gasteiger partial charge in [-0.3, -0.25) is 14.5 Å². The molecule has 1 heterocycles. The fraction of sp³-hybridized carbons (Fsp3) is 0.346. The summed E-state index contributed by atoms with van der Waals surface area (Å²) < 4.78 is 52.5. The quantitative estimate of drug-likeness (QED) is 0.288. The zero-order valence-electron chi connectivity index (χ0n) is 19.7. The highest BCUT2D eigenvalue weighted by atomic mass is 35.5. The molecular weight excluding hydrogens is 530 g/mol. The summed E-state index contributed by atoms with van der Waals surface area (Å²) in [5, 5.41) is 1.92. The van der Waals surface area contributed by atoms with Crippen LogP contribution in [0.2, 0.25) is 5.02 Å². The van der Waals surface area contributed by atoms with Gasteiger partial charge in [0.15, 0.2) is 5.17 Å². The second kappa shape index (κ2) is 11.7. The highest BCUT2D eigenvalue weighted by molar-refractivity contribution is 8.15. The minimum Gasteiger partial charge on any atom is -0.325 e. The standard InChI is InChI=1S/C26H24ClF4N3O2S/c27-20-11-6-17(26(29,30)31)14-21(20)33-23(35)15-22-24(36)34(13-12-16-4-2-1-3-5-16)25(37-22)32-19-9-7-18(28)8-10-19/h4,6-11,14,22H,1-3,5,12-13,15H2,(H,33,35). The largest absolute Gasteiger partial charge is 0.416 e. The second-order valence-electron chi connectivity index (χ2n) is 8.77. The smallest absolute Gasteiger partial charge is 0.325 e. The lowest BCUT2D eigenvalue weighted by atomic mass is 9.97. The maximum absolute atomic E-state index is 13.3. The number of nitrogens with zero attached hydrogens (tertiary/aromatic N) is 2. The number of amides is 2. The van der Waals surface area contributed by atoms with Crippen LogP contribution in [0.15, 0.2) is 59.1 Å². The number of allylic oxidation sites excluding steroid dienone is 1. The van der Waals surface area contributed by atoms with Gasteiger partial charge in [-0.2, -0.15) is 13.2 Å². The van der Waals surface area contributed by atoms with Gasteiger partial charge in [-0.15, -0.1) is 0 Å². The van der Waals surface area contributed by atoms with Gasteiger partial charge in [0, 0.05) is 13.0 Å². The molecule has 1 N–H and O–H groups in total. The zero-order valence-corrected chi connectivity index (χ0v) is 21.2. The van der Waals surface area contributed by atoms with E-state index >= 15 is 0 Å². The average Bonchev–Trinajstić information content (AvgIpc) is 3.14. The van der Waals surface area contributed by atoms with Gasteiger partial charge >= 0.3 is 6.18 Å². The fourth-order valence-electron chi connectivity index (χ4n) is 4.11. The summed E-state index contributed by atoms with van der Waals surface area (Å²) in [6.07, 6.45) is 2.22. The maximum atomic E-state index is 13.3. The van der Waals surface area contributed by atoms with Crippen molar-refractivity contribution in [1.82, 2.24) is 4.90 Å². The predicted molar refractivity (Wildman–Crippen MR) is 137 cm³/mol. The van der Waals surface area contributed by atoms with Gasteiger partial charge in [-0.25, -0.2) is 9.38 Å². The summed E-state index contributed by atoms with van der Waals surface area (Å²) in [5.41, 5.74) is 0.596. The summed E-state index contributed by atoms with van der Waals surface area (Å²) >= 11 is 7.09. The SMILES string of the molecule is O=C(CC1SC(=Nc2ccc(F)cc2)N(CCC2=CCCCC2)C1=O)Nc1cc(C(F)(F)F)ccc1Cl. The lowest BCUT2D eigenvalue weighted by molar-refractivity contribution is -0.137. The van der Waals surface area contributed by atoms with Crippen LogP contribution >= 0.6 is 23.4 Å². The number of carbonyl (C=O) groups is 2. The Morgan fingerprint density at radius 1 is 1.16 bits per heavy atom. The second-order valence-corrected chi connectivity index (χ2v) is 10.3. The topological polar surface area (TPSA) is 61.8 Å². The summed E-state index contributed by atoms with van der Waals surface area (Å²) in [7, 11) is 0. The molecule has 2 amide bonds. The van der Waals surface area contributed by atoms with Crippen molar-refractivity contribution in [1.29, 1.82) is 0 Å². The number of carbonyl (C=O) groups excluding carboxylic acids is 2. The molecule has 1 aliphatic heterocycles. The lowest BCUT2D eigenvalue weighted by Crippen LogP contribution is -2.34. The van der Waals surface area contributed by atoms with Crippen LogP contribution < -0.4 is 5.32 Å². The third-order valence-electron chi connectivity index (χ3n) is 6.05. The van der Waals surface area contributed by atoms with Crippen LogP contribution in [0.3, 0.4) is 0 Å². The van der Waals surface area contributed by atoms with Crippen molar-refractivity contribution >= 4 is 51.7 Å². The summed E-state index contributed by atoms with van der Waals surface area (Å²) in [5.74, 6) is -1.37. The van der Waals surface area contributed by atoms with Gasteiger partial charge in [-0.1, -0.05) is 35.0 Å². The highest BCUT2D eigenvalue weighted by Crippen LogP contribution is 2.35. The normalized spacial score (nSPS) is 19.3. The number of rotatable bonds is 7. The Bertz CT molecular complexity index is 1230. The third-order valence-corrected chi connectivity index (χ3v) is 7.56. The first-order valence-corrected chi connectivity index (χ1v) is 13.0. The Morgan fingerprint density at radius 3 is 2.59 bits per heavy atom. The van der Waals surface area contributed by atoms with Crippen molar-refractivity contribution in [2.75, 3.05) is 11.9 Å². The van der Waals surface area contributed by atoms with E-state index in [9.17, 15) is 27.2 Å². The molecule has 0 radical (unpaired) electrons. The van der Waals surface area contributed by atoms with Crippen molar-refractivity contribution in [3.05, 3.63) is 70.5 Å². The Labute approximate surface area is 221 Å². The fourth-order valence-corrected chi connectivity index (χ4v) is 5.46. The van der Waals surface area contributed by atoms with E-state index in [-0.39, 0.29) is 23.0 Å². The molecule has 1 fully saturated rings. The number of hydrogen-bond acceptors (Lipinski definition) is 4. The van der Waals surface area contributed by atoms with Gasteiger partial charge in [0.1, 0.15) is 11.1 Å². The minimum atomic E-state index is -4.60. The average molecular weight is 554 g/mol. The molecule has 1 atom stereocenters. The van der Waals surface area contributed by atoms with Gasteiger partial charge in [0.2, 0.25) is 11.8 Å². The summed E-state index contributed by atoms with van der Waals surface area (Å²) in [4.78, 5) is 32.0. The van der Waals surface area contributed by atoms with E-state index in [4.69, 9.17) is 11.6 Å². The number of thioether (sulfide) groups is 1. The molecule has 0 spiro atoms. The summed E-state index contributed by atoms with van der Waals surface area (Å²) in [6.45, 7) is 0.384. The predicted octanol–water partition coefficient (Wildman–Crippen LogP) is 7.35. The number of hydrogen-bond donors (Lipinski definition) is 1. The van der Waals surface area contributed by atoms with Gasteiger partial charge in [-0.05, 0) is 74.6 Å². The Morgan fingerprint density at radius 2 is 1.92 bits per heavy atom. The van der Waals surface area contributed by atoms with Crippen LogP contribution in [0, 0.1) is 5.82 Å².